The van der Waals surface area contributed by atoms with Gasteiger partial charge in [0.05, 0.1) is 26.1 Å². The summed E-state index contributed by atoms with van der Waals surface area (Å²) in [6, 6.07) is 14.7. The van der Waals surface area contributed by atoms with Crippen molar-refractivity contribution in [1.82, 2.24) is 14.9 Å². The van der Waals surface area contributed by atoms with Crippen molar-refractivity contribution in [2.75, 3.05) is 6.61 Å². The molecule has 1 unspecified atom stereocenters. The summed E-state index contributed by atoms with van der Waals surface area (Å²) in [4.78, 5) is 25.8. The Bertz CT molecular complexity index is 1330. The van der Waals surface area contributed by atoms with Crippen LogP contribution in [0.4, 0.5) is 4.39 Å². The van der Waals surface area contributed by atoms with Gasteiger partial charge in [-0.05, 0) is 55.9 Å². The van der Waals surface area contributed by atoms with Crippen LogP contribution < -0.4 is 4.74 Å². The highest BCUT2D eigenvalue weighted by Gasteiger charge is 2.47. The van der Waals surface area contributed by atoms with Gasteiger partial charge in [-0.3, -0.25) is 4.79 Å². The molecule has 7 rings (SSSR count). The standard InChI is InChI=1S/C25H22FN3O2S2/c1-14-27-22(23(32-14)16-5-3-2-4-6-16)24(30)29-18-9-15(10-18)11-19(29)13-31-25-28-20-8-7-17(26)12-21(20)33-25/h2-8,12,15,18-19H,9-11,13H2,1H3. The molecule has 1 amide bonds. The third-order valence-electron chi connectivity index (χ3n) is 6.54. The molecule has 5 nitrogen and oxygen atoms in total. The summed E-state index contributed by atoms with van der Waals surface area (Å²) in [6.07, 6.45) is 3.02. The molecular formula is C25H22FN3O2S2. The fraction of sp³-hybridized carbons (Fsp3) is 0.320. The van der Waals surface area contributed by atoms with Crippen LogP contribution in [0, 0.1) is 18.7 Å². The van der Waals surface area contributed by atoms with Gasteiger partial charge in [-0.2, -0.15) is 0 Å². The van der Waals surface area contributed by atoms with Crippen molar-refractivity contribution in [1.29, 1.82) is 0 Å². The predicted octanol–water partition coefficient (Wildman–Crippen LogP) is 5.94. The first-order chi connectivity index (χ1) is 16.0. The topological polar surface area (TPSA) is 55.3 Å². The van der Waals surface area contributed by atoms with Gasteiger partial charge in [-0.15, -0.1) is 11.3 Å². The van der Waals surface area contributed by atoms with Gasteiger partial charge < -0.3 is 9.64 Å². The molecule has 0 N–H and O–H groups in total. The Hall–Kier alpha value is -2.84. The smallest absolute Gasteiger partial charge is 0.274 e. The number of nitrogens with zero attached hydrogens (tertiary/aromatic N) is 3. The highest BCUT2D eigenvalue weighted by Crippen LogP contribution is 2.44. The lowest BCUT2D eigenvalue weighted by Gasteiger charge is -2.53. The van der Waals surface area contributed by atoms with Crippen molar-refractivity contribution >= 4 is 38.8 Å². The van der Waals surface area contributed by atoms with Gasteiger partial charge in [0.2, 0.25) is 0 Å². The number of carbonyl (C=O) groups is 1. The second-order valence-electron chi connectivity index (χ2n) is 8.77. The van der Waals surface area contributed by atoms with Gasteiger partial charge in [0, 0.05) is 6.04 Å². The predicted molar refractivity (Wildman–Crippen MR) is 128 cm³/mol. The normalized spacial score (nSPS) is 21.8. The lowest BCUT2D eigenvalue weighted by atomic mass is 9.70. The number of benzene rings is 2. The van der Waals surface area contributed by atoms with Gasteiger partial charge in [0.15, 0.2) is 0 Å². The van der Waals surface area contributed by atoms with E-state index in [1.54, 1.807) is 17.4 Å². The van der Waals surface area contributed by atoms with E-state index >= 15 is 0 Å². The summed E-state index contributed by atoms with van der Waals surface area (Å²) >= 11 is 2.89. The van der Waals surface area contributed by atoms with E-state index in [0.29, 0.717) is 23.4 Å². The van der Waals surface area contributed by atoms with Crippen molar-refractivity contribution in [3.8, 4) is 15.6 Å². The second-order valence-corrected chi connectivity index (χ2v) is 11.0. The molecule has 0 radical (unpaired) electrons. The molecule has 33 heavy (non-hydrogen) atoms. The molecule has 3 fully saturated rings. The highest BCUT2D eigenvalue weighted by atomic mass is 32.1. The lowest BCUT2D eigenvalue weighted by Crippen LogP contribution is -2.60. The zero-order valence-electron chi connectivity index (χ0n) is 18.0. The van der Waals surface area contributed by atoms with Crippen LogP contribution in [0.25, 0.3) is 20.7 Å². The molecule has 3 aliphatic rings. The van der Waals surface area contributed by atoms with Gasteiger partial charge in [0.1, 0.15) is 18.1 Å². The van der Waals surface area contributed by atoms with E-state index in [1.165, 1.54) is 23.5 Å². The number of aryl methyl sites for hydroxylation is 1. The Balaban J connectivity index is 1.26. The molecule has 1 saturated carbocycles. The maximum Gasteiger partial charge on any atom is 0.274 e. The fourth-order valence-corrected chi connectivity index (χ4v) is 6.75. The first kappa shape index (κ1) is 20.7. The quantitative estimate of drug-likeness (QED) is 0.356. The van der Waals surface area contributed by atoms with Crippen LogP contribution >= 0.6 is 22.7 Å². The Labute approximate surface area is 198 Å². The largest absolute Gasteiger partial charge is 0.468 e. The first-order valence-corrected chi connectivity index (χ1v) is 12.7. The van der Waals surface area contributed by atoms with Crippen LogP contribution in [0.1, 0.15) is 34.8 Å². The van der Waals surface area contributed by atoms with Crippen molar-refractivity contribution < 1.29 is 13.9 Å². The van der Waals surface area contributed by atoms with Crippen LogP contribution in [0.15, 0.2) is 48.5 Å². The molecule has 168 valence electrons. The van der Waals surface area contributed by atoms with Gasteiger partial charge in [-0.1, -0.05) is 41.7 Å². The van der Waals surface area contributed by atoms with Crippen molar-refractivity contribution in [3.63, 3.8) is 0 Å². The maximum absolute atomic E-state index is 13.8. The monoisotopic (exact) mass is 479 g/mol. The summed E-state index contributed by atoms with van der Waals surface area (Å²) < 4.78 is 20.3. The average molecular weight is 480 g/mol. The van der Waals surface area contributed by atoms with Crippen molar-refractivity contribution in [3.05, 3.63) is 65.0 Å². The van der Waals surface area contributed by atoms with E-state index in [1.807, 2.05) is 42.2 Å². The third kappa shape index (κ3) is 3.81. The summed E-state index contributed by atoms with van der Waals surface area (Å²) in [5, 5.41) is 1.40. The zero-order chi connectivity index (χ0) is 22.5. The Morgan fingerprint density at radius 2 is 1.94 bits per heavy atom. The molecule has 1 aliphatic carbocycles. The minimum atomic E-state index is -0.283. The number of halogens is 1. The molecule has 2 saturated heterocycles. The maximum atomic E-state index is 13.8. The van der Waals surface area contributed by atoms with Crippen molar-refractivity contribution in [2.24, 2.45) is 5.92 Å². The first-order valence-electron chi connectivity index (χ1n) is 11.1. The van der Waals surface area contributed by atoms with Crippen molar-refractivity contribution in [2.45, 2.75) is 38.3 Å². The summed E-state index contributed by atoms with van der Waals surface area (Å²) in [6.45, 7) is 2.32. The lowest BCUT2D eigenvalue weighted by molar-refractivity contribution is -0.0308. The minimum Gasteiger partial charge on any atom is -0.468 e. The van der Waals surface area contributed by atoms with E-state index in [4.69, 9.17) is 4.74 Å². The van der Waals surface area contributed by atoms with E-state index in [0.717, 1.165) is 44.9 Å². The molecule has 1 atom stereocenters. The number of piperidine rings is 2. The molecule has 8 heteroatoms. The number of hydrogen-bond donors (Lipinski definition) is 0. The number of ether oxygens (including phenoxy) is 1. The van der Waals surface area contributed by atoms with Gasteiger partial charge in [0.25, 0.3) is 11.1 Å². The molecule has 2 aromatic heterocycles. The number of thiazole rings is 2. The van der Waals surface area contributed by atoms with E-state index in [9.17, 15) is 9.18 Å². The SMILES string of the molecule is Cc1nc(C(=O)N2C(COc3nc4ccc(F)cc4s3)CC3CC2C3)c(-c2ccccc2)s1. The molecule has 2 aromatic carbocycles. The Morgan fingerprint density at radius 1 is 1.12 bits per heavy atom. The molecule has 2 bridgehead atoms. The van der Waals surface area contributed by atoms with Crippen LogP contribution in [-0.4, -0.2) is 39.5 Å². The van der Waals surface area contributed by atoms with Gasteiger partial charge >= 0.3 is 0 Å². The van der Waals surface area contributed by atoms with Crippen LogP contribution in [-0.2, 0) is 0 Å². The zero-order valence-corrected chi connectivity index (χ0v) is 19.7. The van der Waals surface area contributed by atoms with Gasteiger partial charge in [-0.25, -0.2) is 14.4 Å². The third-order valence-corrected chi connectivity index (χ3v) is 8.49. The number of fused-ring (bicyclic) bond motifs is 3. The number of aromatic nitrogens is 2. The summed E-state index contributed by atoms with van der Waals surface area (Å²) in [7, 11) is 0. The molecular weight excluding hydrogens is 457 g/mol. The highest BCUT2D eigenvalue weighted by molar-refractivity contribution is 7.20. The number of carbonyl (C=O) groups excluding carboxylic acids is 1. The minimum absolute atomic E-state index is 0.0127. The number of hydrogen-bond acceptors (Lipinski definition) is 6. The molecule has 4 aromatic rings. The van der Waals surface area contributed by atoms with Crippen LogP contribution in [0.5, 0.6) is 5.19 Å². The summed E-state index contributed by atoms with van der Waals surface area (Å²) in [5.41, 5.74) is 2.28. The van der Waals surface area contributed by atoms with E-state index in [-0.39, 0.29) is 23.8 Å². The number of rotatable bonds is 5. The van der Waals surface area contributed by atoms with Crippen LogP contribution in [0.2, 0.25) is 0 Å². The fourth-order valence-electron chi connectivity index (χ4n) is 4.98. The van der Waals surface area contributed by atoms with E-state index in [2.05, 4.69) is 9.97 Å². The molecule has 4 heterocycles. The Morgan fingerprint density at radius 3 is 2.76 bits per heavy atom. The summed E-state index contributed by atoms with van der Waals surface area (Å²) in [5.74, 6) is 0.346. The van der Waals surface area contributed by atoms with E-state index < -0.39 is 0 Å². The second kappa shape index (κ2) is 8.18. The molecule has 0 spiro atoms. The Kier molecular flexibility index (Phi) is 5.14. The average Bonchev–Trinajstić information content (AvgIpc) is 3.39. The number of amides is 1. The van der Waals surface area contributed by atoms with Crippen LogP contribution in [0.3, 0.4) is 0 Å². The molecule has 2 aliphatic heterocycles.